The average molecular weight is 257 g/mol. The lowest BCUT2D eigenvalue weighted by Crippen LogP contribution is -2.30. The van der Waals surface area contributed by atoms with Crippen molar-refractivity contribution in [3.05, 3.63) is 6.07 Å². The molecule has 0 aromatic carbocycles. The fourth-order valence-corrected chi connectivity index (χ4v) is 0.976. The molecule has 1 aromatic rings. The van der Waals surface area contributed by atoms with Gasteiger partial charge in [0, 0.05) is 7.05 Å². The molecule has 8 nitrogen and oxygen atoms in total. The number of likely N-dealkylation sites (N-methyl/N-ethyl adjacent to an activating group) is 1. The van der Waals surface area contributed by atoms with Crippen LogP contribution in [0.2, 0.25) is 0 Å². The molecule has 0 radical (unpaired) electrons. The summed E-state index contributed by atoms with van der Waals surface area (Å²) >= 11 is 0. The molecule has 18 heavy (non-hydrogen) atoms. The standard InChI is InChI=1S/C10H15N3O5/c1-13(17-4)9(14)6-18-10-11-7(15-2)5-8(12-10)16-3/h5H,6H2,1-4H3. The number of hydroxylamine groups is 2. The molecule has 1 heterocycles. The Kier molecular flexibility index (Phi) is 5.12. The van der Waals surface area contributed by atoms with Crippen LogP contribution in [0.3, 0.4) is 0 Å². The number of hydrogen-bond donors (Lipinski definition) is 0. The average Bonchev–Trinajstić information content (AvgIpc) is 2.43. The minimum Gasteiger partial charge on any atom is -0.481 e. The molecule has 0 aliphatic rings. The lowest BCUT2D eigenvalue weighted by Gasteiger charge is -2.13. The SMILES string of the molecule is COc1cc(OC)nc(OCC(=O)N(C)OC)n1. The summed E-state index contributed by atoms with van der Waals surface area (Å²) in [5.41, 5.74) is 0. The number of methoxy groups -OCH3 is 2. The van der Waals surface area contributed by atoms with Crippen molar-refractivity contribution in [3.8, 4) is 17.8 Å². The van der Waals surface area contributed by atoms with E-state index >= 15 is 0 Å². The lowest BCUT2D eigenvalue weighted by atomic mass is 10.6. The van der Waals surface area contributed by atoms with Crippen LogP contribution in [0.4, 0.5) is 0 Å². The zero-order chi connectivity index (χ0) is 13.5. The zero-order valence-corrected chi connectivity index (χ0v) is 10.7. The number of rotatable bonds is 6. The Bertz CT molecular complexity index is 390. The number of carbonyl (C=O) groups excluding carboxylic acids is 1. The summed E-state index contributed by atoms with van der Waals surface area (Å²) < 4.78 is 15.0. The van der Waals surface area contributed by atoms with Gasteiger partial charge in [-0.25, -0.2) is 5.06 Å². The maximum absolute atomic E-state index is 11.4. The summed E-state index contributed by atoms with van der Waals surface area (Å²) in [6.07, 6.45) is 0. The third-order valence-corrected chi connectivity index (χ3v) is 2.03. The first-order valence-electron chi connectivity index (χ1n) is 5.01. The molecule has 0 aliphatic heterocycles. The summed E-state index contributed by atoms with van der Waals surface area (Å²) in [5.74, 6) is 0.191. The number of carbonyl (C=O) groups is 1. The van der Waals surface area contributed by atoms with Gasteiger partial charge in [0.15, 0.2) is 6.61 Å². The minimum absolute atomic E-state index is 0.0101. The zero-order valence-electron chi connectivity index (χ0n) is 10.7. The van der Waals surface area contributed by atoms with E-state index < -0.39 is 0 Å². The van der Waals surface area contributed by atoms with Crippen LogP contribution in [-0.2, 0) is 9.63 Å². The second-order valence-electron chi connectivity index (χ2n) is 3.10. The number of ether oxygens (including phenoxy) is 3. The first-order valence-corrected chi connectivity index (χ1v) is 5.01. The number of amides is 1. The molecule has 0 atom stereocenters. The molecule has 1 rings (SSSR count). The predicted octanol–water partition coefficient (Wildman–Crippen LogP) is -0.108. The highest BCUT2D eigenvalue weighted by Gasteiger charge is 2.12. The van der Waals surface area contributed by atoms with Gasteiger partial charge in [-0.05, 0) is 0 Å². The van der Waals surface area contributed by atoms with Gasteiger partial charge in [-0.15, -0.1) is 0 Å². The third kappa shape index (κ3) is 3.74. The number of hydrogen-bond acceptors (Lipinski definition) is 7. The summed E-state index contributed by atoms with van der Waals surface area (Å²) in [5, 5.41) is 1.04. The van der Waals surface area contributed by atoms with Crippen molar-refractivity contribution >= 4 is 5.91 Å². The van der Waals surface area contributed by atoms with Crippen molar-refractivity contribution in [1.82, 2.24) is 15.0 Å². The van der Waals surface area contributed by atoms with E-state index in [1.54, 1.807) is 0 Å². The summed E-state index contributed by atoms with van der Waals surface area (Å²) in [4.78, 5) is 23.9. The van der Waals surface area contributed by atoms with Crippen LogP contribution in [0.5, 0.6) is 17.8 Å². The van der Waals surface area contributed by atoms with E-state index in [1.807, 2.05) is 0 Å². The molecular formula is C10H15N3O5. The van der Waals surface area contributed by atoms with Crippen LogP contribution in [-0.4, -0.2) is 55.9 Å². The Morgan fingerprint density at radius 3 is 2.22 bits per heavy atom. The van der Waals surface area contributed by atoms with E-state index in [9.17, 15) is 4.79 Å². The van der Waals surface area contributed by atoms with Crippen LogP contribution < -0.4 is 14.2 Å². The molecule has 0 unspecified atom stereocenters. The van der Waals surface area contributed by atoms with E-state index in [0.717, 1.165) is 5.06 Å². The van der Waals surface area contributed by atoms with Gasteiger partial charge in [-0.2, -0.15) is 9.97 Å². The van der Waals surface area contributed by atoms with Gasteiger partial charge in [0.2, 0.25) is 11.8 Å². The number of nitrogens with zero attached hydrogens (tertiary/aromatic N) is 3. The van der Waals surface area contributed by atoms with Crippen molar-refractivity contribution < 1.29 is 23.8 Å². The summed E-state index contributed by atoms with van der Waals surface area (Å²) in [7, 11) is 5.76. The maximum atomic E-state index is 11.4. The van der Waals surface area contributed by atoms with Crippen molar-refractivity contribution in [1.29, 1.82) is 0 Å². The van der Waals surface area contributed by atoms with Crippen molar-refractivity contribution in [2.45, 2.75) is 0 Å². The Morgan fingerprint density at radius 1 is 1.22 bits per heavy atom. The smallest absolute Gasteiger partial charge is 0.323 e. The van der Waals surface area contributed by atoms with E-state index in [0.29, 0.717) is 0 Å². The second-order valence-corrected chi connectivity index (χ2v) is 3.10. The molecule has 100 valence electrons. The lowest BCUT2D eigenvalue weighted by molar-refractivity contribution is -0.170. The van der Waals surface area contributed by atoms with Gasteiger partial charge in [0.1, 0.15) is 0 Å². The summed E-state index contributed by atoms with van der Waals surface area (Å²) in [6.45, 7) is -0.249. The van der Waals surface area contributed by atoms with E-state index in [2.05, 4.69) is 9.97 Å². The molecule has 8 heteroatoms. The molecule has 1 amide bonds. The van der Waals surface area contributed by atoms with Crippen molar-refractivity contribution in [2.24, 2.45) is 0 Å². The normalized spacial score (nSPS) is 9.78. The van der Waals surface area contributed by atoms with Crippen molar-refractivity contribution in [3.63, 3.8) is 0 Å². The molecule has 0 bridgehead atoms. The highest BCUT2D eigenvalue weighted by Crippen LogP contribution is 2.18. The van der Waals surface area contributed by atoms with Gasteiger partial charge in [-0.1, -0.05) is 0 Å². The Hall–Kier alpha value is -2.09. The van der Waals surface area contributed by atoms with Gasteiger partial charge in [-0.3, -0.25) is 9.63 Å². The van der Waals surface area contributed by atoms with Gasteiger partial charge in [0.05, 0.1) is 27.4 Å². The topological polar surface area (TPSA) is 83.0 Å². The molecular weight excluding hydrogens is 242 g/mol. The van der Waals surface area contributed by atoms with Crippen LogP contribution >= 0.6 is 0 Å². The van der Waals surface area contributed by atoms with E-state index in [-0.39, 0.29) is 30.3 Å². The van der Waals surface area contributed by atoms with Crippen LogP contribution in [0.1, 0.15) is 0 Å². The fraction of sp³-hybridized carbons (Fsp3) is 0.500. The monoisotopic (exact) mass is 257 g/mol. The highest BCUT2D eigenvalue weighted by atomic mass is 16.7. The van der Waals surface area contributed by atoms with Gasteiger partial charge in [0.25, 0.3) is 5.91 Å². The predicted molar refractivity (Wildman–Crippen MR) is 60.4 cm³/mol. The number of aromatic nitrogens is 2. The first-order chi connectivity index (χ1) is 8.60. The first kappa shape index (κ1) is 14.0. The molecule has 0 fully saturated rings. The largest absolute Gasteiger partial charge is 0.481 e. The quantitative estimate of drug-likeness (QED) is 0.657. The Morgan fingerprint density at radius 2 is 1.78 bits per heavy atom. The Labute approximate surface area is 104 Å². The van der Waals surface area contributed by atoms with Gasteiger partial charge < -0.3 is 14.2 Å². The second kappa shape index (κ2) is 6.60. The van der Waals surface area contributed by atoms with Crippen LogP contribution in [0.15, 0.2) is 6.07 Å². The van der Waals surface area contributed by atoms with Crippen LogP contribution in [0.25, 0.3) is 0 Å². The molecule has 1 aromatic heterocycles. The van der Waals surface area contributed by atoms with Crippen LogP contribution in [0, 0.1) is 0 Å². The maximum Gasteiger partial charge on any atom is 0.323 e. The molecule has 0 saturated heterocycles. The molecule has 0 N–H and O–H groups in total. The fourth-order valence-electron chi connectivity index (χ4n) is 0.976. The van der Waals surface area contributed by atoms with Crippen molar-refractivity contribution in [2.75, 3.05) is 35.0 Å². The highest BCUT2D eigenvalue weighted by molar-refractivity contribution is 5.76. The molecule has 0 spiro atoms. The van der Waals surface area contributed by atoms with E-state index in [4.69, 9.17) is 19.0 Å². The third-order valence-electron chi connectivity index (χ3n) is 2.03. The Balaban J connectivity index is 2.69. The van der Waals surface area contributed by atoms with Gasteiger partial charge >= 0.3 is 6.01 Å². The molecule has 0 aliphatic carbocycles. The summed E-state index contributed by atoms with van der Waals surface area (Å²) in [6, 6.07) is 1.49. The van der Waals surface area contributed by atoms with E-state index in [1.165, 1.54) is 34.4 Å². The minimum atomic E-state index is -0.372. The molecule has 0 saturated carbocycles.